The number of Topliss-reactive ketones (excluding diaryl/α,β-unsaturated/α-hetero) is 1. The van der Waals surface area contributed by atoms with Crippen LogP contribution in [0.4, 0.5) is 0 Å². The number of β-lactam (4-membered cyclic amide) rings is 1. The van der Waals surface area contributed by atoms with Crippen molar-refractivity contribution in [2.45, 2.75) is 62.9 Å². The summed E-state index contributed by atoms with van der Waals surface area (Å²) in [5.74, 6) is -1.90. The van der Waals surface area contributed by atoms with E-state index < -0.39 is 16.2 Å². The maximum absolute atomic E-state index is 13.1. The molecule has 13 heteroatoms. The number of carboxylic acids is 1. The lowest BCUT2D eigenvalue weighted by Gasteiger charge is -2.47. The Morgan fingerprint density at radius 3 is 2.71 bits per heavy atom. The first-order valence-electron chi connectivity index (χ1n) is 11.7. The third-order valence-electron chi connectivity index (χ3n) is 7.38. The van der Waals surface area contributed by atoms with Crippen LogP contribution in [0.3, 0.4) is 0 Å². The average molecular weight is 516 g/mol. The van der Waals surface area contributed by atoms with E-state index in [9.17, 15) is 27.9 Å². The zero-order chi connectivity index (χ0) is 24.8. The number of hydrogen-bond donors (Lipinski definition) is 5. The number of nitrogens with zero attached hydrogens (tertiary/aromatic N) is 1. The fourth-order valence-electron chi connectivity index (χ4n) is 5.74. The van der Waals surface area contributed by atoms with Gasteiger partial charge in [0.2, 0.25) is 5.91 Å². The first-order valence-corrected chi connectivity index (χ1v) is 14.1. The van der Waals surface area contributed by atoms with Gasteiger partial charge in [-0.25, -0.2) is 14.7 Å². The van der Waals surface area contributed by atoms with Gasteiger partial charge in [0.15, 0.2) is 0 Å². The number of ketones is 1. The van der Waals surface area contributed by atoms with E-state index in [0.717, 1.165) is 19.4 Å². The highest BCUT2D eigenvalue weighted by atomic mass is 32.2. The molecule has 0 aliphatic carbocycles. The van der Waals surface area contributed by atoms with E-state index >= 15 is 0 Å². The number of rotatable bonds is 10. The van der Waals surface area contributed by atoms with E-state index in [1.165, 1.54) is 16.7 Å². The summed E-state index contributed by atoms with van der Waals surface area (Å²) in [6, 6.07) is -0.502. The Hall–Kier alpha value is -1.51. The average Bonchev–Trinajstić information content (AvgIpc) is 3.47. The van der Waals surface area contributed by atoms with Crippen molar-refractivity contribution in [2.24, 2.45) is 22.9 Å². The Balaban J connectivity index is 1.42. The number of thioether (sulfide) groups is 1. The summed E-state index contributed by atoms with van der Waals surface area (Å²) >= 11 is 1.45. The number of hydrogen-bond acceptors (Lipinski definition) is 8. The lowest BCUT2D eigenvalue weighted by atomic mass is 9.73. The summed E-state index contributed by atoms with van der Waals surface area (Å²) in [4.78, 5) is 39.9. The minimum Gasteiger partial charge on any atom is -0.477 e. The van der Waals surface area contributed by atoms with Crippen LogP contribution in [-0.4, -0.2) is 79.1 Å². The van der Waals surface area contributed by atoms with Gasteiger partial charge in [-0.3, -0.25) is 9.59 Å². The highest BCUT2D eigenvalue weighted by Gasteiger charge is 2.60. The van der Waals surface area contributed by atoms with Crippen LogP contribution in [-0.2, 0) is 24.6 Å². The molecular weight excluding hydrogens is 482 g/mol. The number of amides is 1. The molecule has 3 fully saturated rings. The Bertz CT molecular complexity index is 996. The molecule has 4 aliphatic rings. The van der Waals surface area contributed by atoms with Crippen molar-refractivity contribution in [3.63, 3.8) is 0 Å². The first-order chi connectivity index (χ1) is 16.0. The summed E-state index contributed by atoms with van der Waals surface area (Å²) in [6.45, 7) is 5.45. The van der Waals surface area contributed by atoms with E-state index in [4.69, 9.17) is 5.14 Å². The van der Waals surface area contributed by atoms with Crippen molar-refractivity contribution >= 4 is 39.6 Å². The van der Waals surface area contributed by atoms with Gasteiger partial charge < -0.3 is 20.6 Å². The van der Waals surface area contributed by atoms with Crippen molar-refractivity contribution in [1.29, 1.82) is 0 Å². The zero-order valence-electron chi connectivity index (χ0n) is 19.3. The van der Waals surface area contributed by atoms with Gasteiger partial charge in [-0.15, -0.1) is 11.8 Å². The van der Waals surface area contributed by atoms with Crippen LogP contribution in [0.15, 0.2) is 10.6 Å². The maximum atomic E-state index is 13.1. The summed E-state index contributed by atoms with van der Waals surface area (Å²) in [6.07, 6.45) is 2.74. The smallest absolute Gasteiger partial charge is 0.353 e. The van der Waals surface area contributed by atoms with Crippen molar-refractivity contribution < 1.29 is 27.9 Å². The van der Waals surface area contributed by atoms with Crippen LogP contribution in [0.5, 0.6) is 0 Å². The predicted molar refractivity (Wildman–Crippen MR) is 127 cm³/mol. The molecule has 0 saturated carbocycles. The number of carboxylic acid groups (broad SMARTS) is 1. The third kappa shape index (κ3) is 5.05. The topological polar surface area (TPSA) is 171 Å². The normalized spacial score (nSPS) is 34.3. The molecule has 0 aromatic carbocycles. The Morgan fingerprint density at radius 2 is 2.09 bits per heavy atom. The van der Waals surface area contributed by atoms with Crippen LogP contribution >= 0.6 is 11.8 Å². The fourth-order valence-corrected chi connectivity index (χ4v) is 7.69. The fraction of sp³-hybridized carbons (Fsp3) is 0.762. The van der Waals surface area contributed by atoms with Gasteiger partial charge in [0.05, 0.1) is 18.0 Å². The van der Waals surface area contributed by atoms with Crippen LogP contribution in [0, 0.1) is 17.8 Å². The molecule has 190 valence electrons. The molecule has 0 unspecified atom stereocenters. The molecule has 0 bridgehead atoms. The van der Waals surface area contributed by atoms with E-state index in [-0.39, 0.29) is 65.1 Å². The lowest BCUT2D eigenvalue weighted by molar-refractivity contribution is -0.160. The summed E-state index contributed by atoms with van der Waals surface area (Å²) in [5, 5.41) is 21.4. The number of carbonyl (C=O) groups is 3. The van der Waals surface area contributed by atoms with Gasteiger partial charge in [-0.2, -0.15) is 8.42 Å². The zero-order valence-corrected chi connectivity index (χ0v) is 21.0. The van der Waals surface area contributed by atoms with E-state index in [0.29, 0.717) is 24.3 Å². The lowest BCUT2D eigenvalue weighted by Crippen LogP contribution is -2.62. The number of aliphatic carboxylic acids is 1. The number of carbonyl (C=O) groups excluding carboxylic acids is 2. The third-order valence-corrected chi connectivity index (χ3v) is 9.46. The molecule has 0 aromatic rings. The molecule has 34 heavy (non-hydrogen) atoms. The molecule has 7 atom stereocenters. The second kappa shape index (κ2) is 9.86. The van der Waals surface area contributed by atoms with Crippen LogP contribution in [0.2, 0.25) is 0 Å². The molecule has 4 rings (SSSR count). The van der Waals surface area contributed by atoms with Gasteiger partial charge in [-0.05, 0) is 31.7 Å². The highest BCUT2D eigenvalue weighted by Crippen LogP contribution is 2.53. The molecule has 3 saturated heterocycles. The van der Waals surface area contributed by atoms with Crippen molar-refractivity contribution in [3.05, 3.63) is 10.6 Å². The minimum absolute atomic E-state index is 0.0405. The monoisotopic (exact) mass is 515 g/mol. The van der Waals surface area contributed by atoms with E-state index in [1.54, 1.807) is 0 Å². The number of nitrogens with two attached hydrogens (primary N) is 1. The van der Waals surface area contributed by atoms with Crippen LogP contribution in [0.25, 0.3) is 0 Å². The van der Waals surface area contributed by atoms with Gasteiger partial charge in [-0.1, -0.05) is 13.8 Å². The minimum atomic E-state index is -3.78. The molecular formula is C21H33N5O6S2. The van der Waals surface area contributed by atoms with E-state index in [2.05, 4.69) is 15.4 Å². The van der Waals surface area contributed by atoms with Crippen LogP contribution < -0.4 is 20.5 Å². The van der Waals surface area contributed by atoms with Gasteiger partial charge >= 0.3 is 5.97 Å². The van der Waals surface area contributed by atoms with Gasteiger partial charge in [0.25, 0.3) is 10.2 Å². The SMILES string of the molecule is C[C@@H](CC(=O)[C@@H]1CCCN1)[C@H]1C(=O)N2C(C(=O)O)=C(S[C@@H]3CN[C@H](CNS(N)(=O)=O)C3)[C@H](C)[C@H]12. The maximum Gasteiger partial charge on any atom is 0.353 e. The number of nitrogens with one attached hydrogen (secondary N) is 3. The summed E-state index contributed by atoms with van der Waals surface area (Å²) in [7, 11) is -3.78. The molecule has 0 radical (unpaired) electrons. The van der Waals surface area contributed by atoms with Crippen LogP contribution in [0.1, 0.15) is 39.5 Å². The van der Waals surface area contributed by atoms with Crippen molar-refractivity contribution in [2.75, 3.05) is 19.6 Å². The Labute approximate surface area is 203 Å². The molecule has 0 spiro atoms. The Kier molecular flexibility index (Phi) is 7.42. The highest BCUT2D eigenvalue weighted by molar-refractivity contribution is 8.03. The standard InChI is InChI=1S/C21H33N5O6S2/c1-10(6-15(27)14-4-3-5-23-14)16-17-11(2)19(18(21(29)30)26(17)20(16)28)33-13-7-12(24-9-13)8-25-34(22,31)32/h10-14,16-17,23-25H,3-9H2,1-2H3,(H,29,30)(H2,22,31,32)/t10-,11+,12-,13-,14-,16+,17+/m0/s1. The first kappa shape index (κ1) is 25.6. The summed E-state index contributed by atoms with van der Waals surface area (Å²) in [5.41, 5.74) is 0.0471. The van der Waals surface area contributed by atoms with E-state index in [1.807, 2.05) is 13.8 Å². The summed E-state index contributed by atoms with van der Waals surface area (Å²) < 4.78 is 24.6. The molecule has 11 nitrogen and oxygen atoms in total. The number of fused-ring (bicyclic) bond motifs is 1. The molecule has 0 aromatic heterocycles. The van der Waals surface area contributed by atoms with Crippen molar-refractivity contribution in [3.8, 4) is 0 Å². The Morgan fingerprint density at radius 1 is 1.35 bits per heavy atom. The molecule has 4 heterocycles. The molecule has 4 aliphatic heterocycles. The largest absolute Gasteiger partial charge is 0.477 e. The second-order valence-electron chi connectivity index (χ2n) is 9.80. The quantitative estimate of drug-likeness (QED) is 0.237. The second-order valence-corrected chi connectivity index (χ2v) is 12.5. The van der Waals surface area contributed by atoms with Gasteiger partial charge in [0.1, 0.15) is 11.5 Å². The van der Waals surface area contributed by atoms with Crippen molar-refractivity contribution in [1.82, 2.24) is 20.3 Å². The molecule has 1 amide bonds. The van der Waals surface area contributed by atoms with Gasteiger partial charge in [0, 0.05) is 41.6 Å². The molecule has 6 N–H and O–H groups in total. The predicted octanol–water partition coefficient (Wildman–Crippen LogP) is -0.637.